The van der Waals surface area contributed by atoms with Gasteiger partial charge in [-0.15, -0.1) is 0 Å². The van der Waals surface area contributed by atoms with E-state index in [9.17, 15) is 19.5 Å². The second-order valence-corrected chi connectivity index (χ2v) is 7.80. The number of rotatable bonds is 4. The van der Waals surface area contributed by atoms with Crippen molar-refractivity contribution in [2.75, 3.05) is 6.54 Å². The first kappa shape index (κ1) is 19.0. The molecule has 2 aromatic carbocycles. The molecule has 0 bridgehead atoms. The summed E-state index contributed by atoms with van der Waals surface area (Å²) in [6.07, 6.45) is -1.24. The fourth-order valence-electron chi connectivity index (χ4n) is 4.53. The van der Waals surface area contributed by atoms with Crippen LogP contribution in [0, 0.1) is 0 Å². The summed E-state index contributed by atoms with van der Waals surface area (Å²) in [5.74, 6) is -0.0149. The minimum absolute atomic E-state index is 0.197. The maximum atomic E-state index is 13.7. The van der Waals surface area contributed by atoms with Crippen molar-refractivity contribution in [2.24, 2.45) is 0 Å². The van der Waals surface area contributed by atoms with E-state index in [1.54, 1.807) is 30.3 Å². The van der Waals surface area contributed by atoms with Crippen LogP contribution in [-0.2, 0) is 15.9 Å². The van der Waals surface area contributed by atoms with Gasteiger partial charge in [0.25, 0.3) is 0 Å². The third-order valence-corrected chi connectivity index (χ3v) is 5.77. The molecule has 2 unspecified atom stereocenters. The Bertz CT molecular complexity index is 1050. The zero-order valence-corrected chi connectivity index (χ0v) is 16.4. The number of nitrogens with one attached hydrogen (secondary N) is 2. The van der Waals surface area contributed by atoms with Crippen LogP contribution in [-0.4, -0.2) is 29.4 Å². The predicted octanol–water partition coefficient (Wildman–Crippen LogP) is 2.89. The normalized spacial score (nSPS) is 23.8. The van der Waals surface area contributed by atoms with Crippen molar-refractivity contribution >= 4 is 17.8 Å². The largest absolute Gasteiger partial charge is 0.477 e. The van der Waals surface area contributed by atoms with Gasteiger partial charge in [0.05, 0.1) is 6.54 Å². The first-order valence-electron chi connectivity index (χ1n) is 9.46. The summed E-state index contributed by atoms with van der Waals surface area (Å²) >= 11 is 0. The van der Waals surface area contributed by atoms with Crippen molar-refractivity contribution in [2.45, 2.75) is 37.8 Å². The number of Topliss-reactive ketones (excluding diaryl/α,β-unsaturated/α-hetero) is 1. The smallest absolute Gasteiger partial charge is 0.404 e. The van der Waals surface area contributed by atoms with Gasteiger partial charge in [-0.05, 0) is 17.5 Å². The number of ketones is 1. The number of amides is 2. The molecule has 0 fully saturated rings. The van der Waals surface area contributed by atoms with Gasteiger partial charge in [0.2, 0.25) is 5.91 Å². The highest BCUT2D eigenvalue weighted by atomic mass is 16.5. The van der Waals surface area contributed by atoms with Gasteiger partial charge in [-0.25, -0.2) is 4.79 Å². The van der Waals surface area contributed by atoms with Crippen molar-refractivity contribution in [3.8, 4) is 5.75 Å². The van der Waals surface area contributed by atoms with Gasteiger partial charge in [0.15, 0.2) is 16.9 Å². The molecule has 7 heteroatoms. The van der Waals surface area contributed by atoms with Gasteiger partial charge in [0, 0.05) is 23.6 Å². The Kier molecular flexibility index (Phi) is 4.15. The number of benzene rings is 2. The lowest BCUT2D eigenvalue weighted by Gasteiger charge is -2.38. The standard InChI is InChI=1S/C22H22N2O5/c1-12(2)14-8-9-17-18(10-14)29-21(11-23-20(27)28)16-7-5-4-6-15(16)19(26)22(17,21)24-13(3)25/h4-10,12,23H,11H2,1-3H3,(H,24,25)(H,27,28). The SMILES string of the molecule is CC(=O)NC12C(=O)c3ccccc3C1(CNC(=O)O)Oc1cc(C(C)C)ccc12. The number of hydrogen-bond donors (Lipinski definition) is 3. The lowest BCUT2D eigenvalue weighted by molar-refractivity contribution is -0.122. The average Bonchev–Trinajstić information content (AvgIpc) is 3.05. The van der Waals surface area contributed by atoms with Gasteiger partial charge < -0.3 is 20.5 Å². The molecule has 0 aromatic heterocycles. The van der Waals surface area contributed by atoms with Crippen molar-refractivity contribution < 1.29 is 24.2 Å². The molecule has 2 amide bonds. The fourth-order valence-corrected chi connectivity index (χ4v) is 4.53. The monoisotopic (exact) mass is 394 g/mol. The summed E-state index contributed by atoms with van der Waals surface area (Å²) in [5.41, 5.74) is -0.450. The summed E-state index contributed by atoms with van der Waals surface area (Å²) in [4.78, 5) is 37.3. The van der Waals surface area contributed by atoms with Gasteiger partial charge in [-0.1, -0.05) is 50.2 Å². The Morgan fingerprint density at radius 3 is 2.52 bits per heavy atom. The predicted molar refractivity (Wildman–Crippen MR) is 105 cm³/mol. The molecule has 0 saturated carbocycles. The molecular formula is C22H22N2O5. The van der Waals surface area contributed by atoms with Gasteiger partial charge >= 0.3 is 6.09 Å². The summed E-state index contributed by atoms with van der Waals surface area (Å²) in [5, 5.41) is 14.5. The first-order valence-corrected chi connectivity index (χ1v) is 9.46. The van der Waals surface area contributed by atoms with E-state index in [2.05, 4.69) is 10.6 Å². The number of fused-ring (bicyclic) bond motifs is 5. The van der Waals surface area contributed by atoms with E-state index < -0.39 is 23.1 Å². The van der Waals surface area contributed by atoms with Crippen LogP contribution in [0.4, 0.5) is 4.79 Å². The van der Waals surface area contributed by atoms with Crippen molar-refractivity contribution in [3.63, 3.8) is 0 Å². The summed E-state index contributed by atoms with van der Waals surface area (Å²) in [6.45, 7) is 5.23. The molecule has 2 aromatic rings. The Labute approximate surface area is 168 Å². The van der Waals surface area contributed by atoms with Crippen LogP contribution in [0.15, 0.2) is 42.5 Å². The van der Waals surface area contributed by atoms with Crippen LogP contribution >= 0.6 is 0 Å². The number of ether oxygens (including phenoxy) is 1. The van der Waals surface area contributed by atoms with Crippen LogP contribution in [0.2, 0.25) is 0 Å². The van der Waals surface area contributed by atoms with Crippen LogP contribution in [0.5, 0.6) is 5.75 Å². The number of carbonyl (C=O) groups is 3. The van der Waals surface area contributed by atoms with Crippen LogP contribution in [0.1, 0.15) is 53.7 Å². The Morgan fingerprint density at radius 2 is 1.86 bits per heavy atom. The molecule has 3 N–H and O–H groups in total. The summed E-state index contributed by atoms with van der Waals surface area (Å²) in [7, 11) is 0. The summed E-state index contributed by atoms with van der Waals surface area (Å²) in [6, 6.07) is 12.5. The molecule has 1 aliphatic carbocycles. The third kappa shape index (κ3) is 2.46. The minimum Gasteiger partial charge on any atom is -0.477 e. The zero-order chi connectivity index (χ0) is 21.0. The number of hydrogen-bond acceptors (Lipinski definition) is 4. The van der Waals surface area contributed by atoms with Crippen molar-refractivity contribution in [1.82, 2.24) is 10.6 Å². The molecule has 1 aliphatic heterocycles. The fraction of sp³-hybridized carbons (Fsp3) is 0.318. The van der Waals surface area contributed by atoms with Gasteiger partial charge in [-0.3, -0.25) is 9.59 Å². The quantitative estimate of drug-likeness (QED) is 0.740. The number of carboxylic acid groups (broad SMARTS) is 1. The highest BCUT2D eigenvalue weighted by Crippen LogP contribution is 2.59. The Hall–Kier alpha value is -3.35. The molecule has 0 spiro atoms. The van der Waals surface area contributed by atoms with E-state index in [1.807, 2.05) is 26.0 Å². The molecule has 150 valence electrons. The van der Waals surface area contributed by atoms with Crippen molar-refractivity contribution in [3.05, 3.63) is 64.7 Å². The van der Waals surface area contributed by atoms with Crippen LogP contribution in [0.3, 0.4) is 0 Å². The van der Waals surface area contributed by atoms with E-state index >= 15 is 0 Å². The van der Waals surface area contributed by atoms with E-state index in [4.69, 9.17) is 4.74 Å². The lowest BCUT2D eigenvalue weighted by atomic mass is 9.75. The second kappa shape index (κ2) is 6.34. The highest BCUT2D eigenvalue weighted by molar-refractivity contribution is 6.12. The highest BCUT2D eigenvalue weighted by Gasteiger charge is 2.71. The zero-order valence-electron chi connectivity index (χ0n) is 16.4. The average molecular weight is 394 g/mol. The second-order valence-electron chi connectivity index (χ2n) is 7.80. The molecule has 0 radical (unpaired) electrons. The molecular weight excluding hydrogens is 372 g/mol. The molecule has 4 rings (SSSR count). The van der Waals surface area contributed by atoms with E-state index in [0.717, 1.165) is 5.56 Å². The molecule has 0 saturated heterocycles. The Morgan fingerprint density at radius 1 is 1.14 bits per heavy atom. The van der Waals surface area contributed by atoms with E-state index in [1.165, 1.54) is 6.92 Å². The van der Waals surface area contributed by atoms with Crippen molar-refractivity contribution in [1.29, 1.82) is 0 Å². The molecule has 2 atom stereocenters. The van der Waals surface area contributed by atoms with E-state index in [0.29, 0.717) is 22.4 Å². The molecule has 2 aliphatic rings. The van der Waals surface area contributed by atoms with Crippen LogP contribution < -0.4 is 15.4 Å². The number of carbonyl (C=O) groups excluding carboxylic acids is 2. The van der Waals surface area contributed by atoms with Crippen LogP contribution in [0.25, 0.3) is 0 Å². The Balaban J connectivity index is 2.01. The third-order valence-electron chi connectivity index (χ3n) is 5.77. The molecule has 1 heterocycles. The van der Waals surface area contributed by atoms with Gasteiger partial charge in [0.1, 0.15) is 5.75 Å². The topological polar surface area (TPSA) is 105 Å². The minimum atomic E-state index is -1.55. The summed E-state index contributed by atoms with van der Waals surface area (Å²) < 4.78 is 6.40. The molecule has 7 nitrogen and oxygen atoms in total. The first-order chi connectivity index (χ1) is 13.7. The van der Waals surface area contributed by atoms with E-state index in [-0.39, 0.29) is 18.2 Å². The maximum Gasteiger partial charge on any atom is 0.404 e. The maximum absolute atomic E-state index is 13.7. The molecule has 29 heavy (non-hydrogen) atoms. The van der Waals surface area contributed by atoms with Gasteiger partial charge in [-0.2, -0.15) is 0 Å². The lowest BCUT2D eigenvalue weighted by Crippen LogP contribution is -2.63.